The van der Waals surface area contributed by atoms with E-state index in [1.165, 1.54) is 25.1 Å². The molecule has 102 valence electrons. The highest BCUT2D eigenvalue weighted by Gasteiger charge is 2.31. The van der Waals surface area contributed by atoms with Crippen LogP contribution in [0.5, 0.6) is 0 Å². The van der Waals surface area contributed by atoms with Gasteiger partial charge in [0.05, 0.1) is 0 Å². The van der Waals surface area contributed by atoms with Crippen LogP contribution in [-0.4, -0.2) is 22.5 Å². The van der Waals surface area contributed by atoms with Crippen LogP contribution >= 0.6 is 0 Å². The summed E-state index contributed by atoms with van der Waals surface area (Å²) in [7, 11) is 0. The van der Waals surface area contributed by atoms with E-state index in [9.17, 15) is 14.0 Å². The zero-order valence-electron chi connectivity index (χ0n) is 10.8. The smallest absolute Gasteiger partial charge is 0.329 e. The number of halogens is 1. The molecule has 0 aliphatic heterocycles. The fourth-order valence-electron chi connectivity index (χ4n) is 1.38. The standard InChI is InChI=1S/C14H16FNO3/c1-3-14(2,13(18)19)16-12(17)9-8-10-6-4-5-7-11(10)15/h4-9H,3H2,1-2H3,(H,16,17)(H,18,19). The van der Waals surface area contributed by atoms with Crippen LogP contribution in [0.25, 0.3) is 6.08 Å². The minimum absolute atomic E-state index is 0.252. The van der Waals surface area contributed by atoms with E-state index in [0.29, 0.717) is 0 Å². The van der Waals surface area contributed by atoms with Crippen molar-refractivity contribution in [3.63, 3.8) is 0 Å². The van der Waals surface area contributed by atoms with E-state index in [1.807, 2.05) is 0 Å². The van der Waals surface area contributed by atoms with E-state index < -0.39 is 23.2 Å². The van der Waals surface area contributed by atoms with Gasteiger partial charge < -0.3 is 10.4 Å². The summed E-state index contributed by atoms with van der Waals surface area (Å²) in [4.78, 5) is 22.6. The number of carbonyl (C=O) groups excluding carboxylic acids is 1. The van der Waals surface area contributed by atoms with Gasteiger partial charge in [0, 0.05) is 11.6 Å². The predicted molar refractivity (Wildman–Crippen MR) is 69.9 cm³/mol. The number of carbonyl (C=O) groups is 2. The second-order valence-electron chi connectivity index (χ2n) is 4.33. The zero-order valence-corrected chi connectivity index (χ0v) is 10.8. The molecular weight excluding hydrogens is 249 g/mol. The Morgan fingerprint density at radius 2 is 2.05 bits per heavy atom. The van der Waals surface area contributed by atoms with Crippen molar-refractivity contribution < 1.29 is 19.1 Å². The van der Waals surface area contributed by atoms with Gasteiger partial charge in [0.15, 0.2) is 0 Å². The number of nitrogens with one attached hydrogen (secondary N) is 1. The lowest BCUT2D eigenvalue weighted by molar-refractivity contribution is -0.146. The quantitative estimate of drug-likeness (QED) is 0.802. The van der Waals surface area contributed by atoms with Crippen molar-refractivity contribution in [3.8, 4) is 0 Å². The van der Waals surface area contributed by atoms with Crippen LogP contribution < -0.4 is 5.32 Å². The first-order valence-corrected chi connectivity index (χ1v) is 5.87. The Morgan fingerprint density at radius 1 is 1.42 bits per heavy atom. The Bertz CT molecular complexity index is 513. The van der Waals surface area contributed by atoms with Crippen LogP contribution in [0.15, 0.2) is 30.3 Å². The number of hydrogen-bond donors (Lipinski definition) is 2. The van der Waals surface area contributed by atoms with Crippen LogP contribution in [0.4, 0.5) is 4.39 Å². The molecule has 1 rings (SSSR count). The van der Waals surface area contributed by atoms with Crippen LogP contribution in [0.2, 0.25) is 0 Å². The van der Waals surface area contributed by atoms with Crippen molar-refractivity contribution in [2.24, 2.45) is 0 Å². The summed E-state index contributed by atoms with van der Waals surface area (Å²) in [6.45, 7) is 3.08. The van der Waals surface area contributed by atoms with Crippen molar-refractivity contribution in [2.75, 3.05) is 0 Å². The van der Waals surface area contributed by atoms with Gasteiger partial charge in [0.1, 0.15) is 11.4 Å². The van der Waals surface area contributed by atoms with Crippen molar-refractivity contribution in [3.05, 3.63) is 41.7 Å². The van der Waals surface area contributed by atoms with Crippen molar-refractivity contribution in [1.82, 2.24) is 5.32 Å². The molecule has 0 aliphatic rings. The first-order chi connectivity index (χ1) is 8.89. The Labute approximate surface area is 110 Å². The highest BCUT2D eigenvalue weighted by molar-refractivity contribution is 5.95. The lowest BCUT2D eigenvalue weighted by atomic mass is 9.99. The molecule has 5 heteroatoms. The summed E-state index contributed by atoms with van der Waals surface area (Å²) in [6, 6.07) is 6.00. The van der Waals surface area contributed by atoms with Crippen molar-refractivity contribution in [1.29, 1.82) is 0 Å². The Hall–Kier alpha value is -2.17. The maximum Gasteiger partial charge on any atom is 0.329 e. The molecule has 0 aromatic heterocycles. The molecule has 0 bridgehead atoms. The summed E-state index contributed by atoms with van der Waals surface area (Å²) >= 11 is 0. The number of rotatable bonds is 5. The molecule has 0 aliphatic carbocycles. The van der Waals surface area contributed by atoms with E-state index in [4.69, 9.17) is 5.11 Å². The van der Waals surface area contributed by atoms with Gasteiger partial charge in [0.2, 0.25) is 5.91 Å². The predicted octanol–water partition coefficient (Wildman–Crippen LogP) is 2.21. The minimum Gasteiger partial charge on any atom is -0.480 e. The molecule has 0 radical (unpaired) electrons. The van der Waals surface area contributed by atoms with Crippen molar-refractivity contribution in [2.45, 2.75) is 25.8 Å². The van der Waals surface area contributed by atoms with Gasteiger partial charge in [0.25, 0.3) is 0 Å². The number of carboxylic acid groups (broad SMARTS) is 1. The summed E-state index contributed by atoms with van der Waals surface area (Å²) in [5.41, 5.74) is -1.05. The third kappa shape index (κ3) is 3.91. The van der Waals surface area contributed by atoms with Crippen LogP contribution in [0.1, 0.15) is 25.8 Å². The Kier molecular flexibility index (Phi) is 4.80. The molecule has 0 spiro atoms. The zero-order chi connectivity index (χ0) is 14.5. The molecule has 19 heavy (non-hydrogen) atoms. The highest BCUT2D eigenvalue weighted by atomic mass is 19.1. The molecule has 2 N–H and O–H groups in total. The maximum atomic E-state index is 13.3. The van der Waals surface area contributed by atoms with Gasteiger partial charge in [-0.25, -0.2) is 9.18 Å². The molecule has 1 aromatic rings. The Balaban J connectivity index is 2.76. The molecular formula is C14H16FNO3. The molecule has 1 atom stereocenters. The van der Waals surface area contributed by atoms with Gasteiger partial charge in [-0.2, -0.15) is 0 Å². The molecule has 1 amide bonds. The van der Waals surface area contributed by atoms with E-state index >= 15 is 0 Å². The van der Waals surface area contributed by atoms with Crippen LogP contribution in [-0.2, 0) is 9.59 Å². The second-order valence-corrected chi connectivity index (χ2v) is 4.33. The Morgan fingerprint density at radius 3 is 2.58 bits per heavy atom. The van der Waals surface area contributed by atoms with Crippen LogP contribution in [0.3, 0.4) is 0 Å². The number of hydrogen-bond acceptors (Lipinski definition) is 2. The minimum atomic E-state index is -1.32. The fraction of sp³-hybridized carbons (Fsp3) is 0.286. The van der Waals surface area contributed by atoms with Gasteiger partial charge in [-0.1, -0.05) is 25.1 Å². The van der Waals surface area contributed by atoms with E-state index in [2.05, 4.69) is 5.32 Å². The normalized spacial score (nSPS) is 14.1. The molecule has 0 fully saturated rings. The molecule has 0 heterocycles. The number of benzene rings is 1. The first-order valence-electron chi connectivity index (χ1n) is 5.87. The molecule has 1 unspecified atom stereocenters. The fourth-order valence-corrected chi connectivity index (χ4v) is 1.38. The first kappa shape index (κ1) is 14.9. The van der Waals surface area contributed by atoms with Gasteiger partial charge in [-0.3, -0.25) is 4.79 Å². The SMILES string of the molecule is CCC(C)(NC(=O)C=Cc1ccccc1F)C(=O)O. The monoisotopic (exact) mass is 265 g/mol. The topological polar surface area (TPSA) is 66.4 Å². The summed E-state index contributed by atoms with van der Waals surface area (Å²) in [5.74, 6) is -2.12. The summed E-state index contributed by atoms with van der Waals surface area (Å²) < 4.78 is 13.3. The van der Waals surface area contributed by atoms with Crippen molar-refractivity contribution >= 4 is 18.0 Å². The van der Waals surface area contributed by atoms with E-state index in [1.54, 1.807) is 19.1 Å². The van der Waals surface area contributed by atoms with E-state index in [0.717, 1.165) is 6.08 Å². The average Bonchev–Trinajstić information content (AvgIpc) is 2.37. The van der Waals surface area contributed by atoms with Crippen LogP contribution in [0, 0.1) is 5.82 Å². The van der Waals surface area contributed by atoms with Gasteiger partial charge in [-0.15, -0.1) is 0 Å². The van der Waals surface area contributed by atoms with E-state index in [-0.39, 0.29) is 12.0 Å². The molecule has 0 saturated heterocycles. The third-order valence-electron chi connectivity index (χ3n) is 2.90. The molecule has 4 nitrogen and oxygen atoms in total. The van der Waals surface area contributed by atoms with Gasteiger partial charge in [-0.05, 0) is 25.5 Å². The molecule has 0 saturated carbocycles. The lowest BCUT2D eigenvalue weighted by Crippen LogP contribution is -2.51. The third-order valence-corrected chi connectivity index (χ3v) is 2.90. The van der Waals surface area contributed by atoms with Gasteiger partial charge >= 0.3 is 5.97 Å². The molecule has 1 aromatic carbocycles. The average molecular weight is 265 g/mol. The largest absolute Gasteiger partial charge is 0.480 e. The second kappa shape index (κ2) is 6.13. The lowest BCUT2D eigenvalue weighted by Gasteiger charge is -2.23. The number of aliphatic carboxylic acids is 1. The highest BCUT2D eigenvalue weighted by Crippen LogP contribution is 2.10. The maximum absolute atomic E-state index is 13.3. The summed E-state index contributed by atoms with van der Waals surface area (Å²) in [5, 5.41) is 11.4. The number of amides is 1. The summed E-state index contributed by atoms with van der Waals surface area (Å²) in [6.07, 6.45) is 2.68. The number of carboxylic acids is 1.